The van der Waals surface area contributed by atoms with Gasteiger partial charge in [-0.2, -0.15) is 13.2 Å². The zero-order valence-electron chi connectivity index (χ0n) is 13.3. The van der Waals surface area contributed by atoms with Gasteiger partial charge in [0.1, 0.15) is 0 Å². The number of hydrogen-bond acceptors (Lipinski definition) is 3. The molecule has 1 aromatic rings. The minimum absolute atomic E-state index is 0.145. The van der Waals surface area contributed by atoms with Gasteiger partial charge in [-0.15, -0.1) is 0 Å². The normalized spacial score (nSPS) is 19.2. The summed E-state index contributed by atoms with van der Waals surface area (Å²) in [5.41, 5.74) is -1.19. The highest BCUT2D eigenvalue weighted by molar-refractivity contribution is 5.96. The van der Waals surface area contributed by atoms with E-state index in [4.69, 9.17) is 4.74 Å². The van der Waals surface area contributed by atoms with Gasteiger partial charge in [0.25, 0.3) is 5.91 Å². The van der Waals surface area contributed by atoms with Gasteiger partial charge in [0.05, 0.1) is 23.8 Å². The van der Waals surface area contributed by atoms with Crippen LogP contribution in [-0.4, -0.2) is 62.1 Å². The van der Waals surface area contributed by atoms with E-state index in [9.17, 15) is 18.0 Å². The Morgan fingerprint density at radius 3 is 2.70 bits per heavy atom. The van der Waals surface area contributed by atoms with Gasteiger partial charge in [0, 0.05) is 19.6 Å². The second-order valence-electron chi connectivity index (χ2n) is 5.88. The predicted molar refractivity (Wildman–Crippen MR) is 80.3 cm³/mol. The number of nitrogens with zero attached hydrogens (tertiary/aromatic N) is 2. The largest absolute Gasteiger partial charge is 0.417 e. The number of carbonyl (C=O) groups excluding carboxylic acids is 1. The number of morpholine rings is 1. The average Bonchev–Trinajstić information content (AvgIpc) is 2.51. The lowest BCUT2D eigenvalue weighted by Gasteiger charge is -2.34. The average molecular weight is 330 g/mol. The van der Waals surface area contributed by atoms with Crippen LogP contribution in [0.4, 0.5) is 13.2 Å². The molecule has 0 aromatic heterocycles. The number of rotatable bonds is 4. The fraction of sp³-hybridized carbons (Fsp3) is 0.562. The Labute approximate surface area is 133 Å². The van der Waals surface area contributed by atoms with Crippen molar-refractivity contribution in [2.75, 3.05) is 40.3 Å². The van der Waals surface area contributed by atoms with Gasteiger partial charge in [-0.25, -0.2) is 0 Å². The van der Waals surface area contributed by atoms with Gasteiger partial charge in [-0.1, -0.05) is 12.1 Å². The first-order chi connectivity index (χ1) is 10.8. The lowest BCUT2D eigenvalue weighted by molar-refractivity contribution is -0.138. The van der Waals surface area contributed by atoms with Crippen molar-refractivity contribution in [1.29, 1.82) is 0 Å². The highest BCUT2D eigenvalue weighted by atomic mass is 19.4. The molecule has 1 heterocycles. The van der Waals surface area contributed by atoms with Crippen LogP contribution in [0.15, 0.2) is 24.3 Å². The second-order valence-corrected chi connectivity index (χ2v) is 5.88. The molecule has 0 radical (unpaired) electrons. The number of benzene rings is 1. The Hall–Kier alpha value is -1.60. The fourth-order valence-corrected chi connectivity index (χ4v) is 2.57. The monoisotopic (exact) mass is 330 g/mol. The van der Waals surface area contributed by atoms with Crippen LogP contribution < -0.4 is 0 Å². The molecule has 1 amide bonds. The van der Waals surface area contributed by atoms with Crippen molar-refractivity contribution in [3.05, 3.63) is 35.4 Å². The molecule has 128 valence electrons. The topological polar surface area (TPSA) is 32.8 Å². The molecule has 7 heteroatoms. The van der Waals surface area contributed by atoms with Crippen molar-refractivity contribution in [2.24, 2.45) is 0 Å². The first-order valence-corrected chi connectivity index (χ1v) is 7.51. The number of ether oxygens (including phenoxy) is 1. The molecule has 1 aliphatic heterocycles. The minimum atomic E-state index is -4.54. The molecule has 0 aliphatic carbocycles. The molecular weight excluding hydrogens is 309 g/mol. The van der Waals surface area contributed by atoms with E-state index < -0.39 is 17.6 Å². The molecule has 0 saturated carbocycles. The molecule has 1 fully saturated rings. The van der Waals surface area contributed by atoms with Crippen LogP contribution in [0.25, 0.3) is 0 Å². The van der Waals surface area contributed by atoms with Gasteiger partial charge in [-0.05, 0) is 32.6 Å². The molecule has 1 saturated heterocycles. The molecule has 1 aliphatic rings. The van der Waals surface area contributed by atoms with Crippen molar-refractivity contribution in [2.45, 2.75) is 18.7 Å². The zero-order chi connectivity index (χ0) is 17.0. The Morgan fingerprint density at radius 1 is 1.35 bits per heavy atom. The van der Waals surface area contributed by atoms with Crippen LogP contribution in [0.1, 0.15) is 22.3 Å². The van der Waals surface area contributed by atoms with Crippen molar-refractivity contribution >= 4 is 5.91 Å². The van der Waals surface area contributed by atoms with E-state index >= 15 is 0 Å². The molecule has 0 bridgehead atoms. The van der Waals surface area contributed by atoms with Crippen molar-refractivity contribution in [3.63, 3.8) is 0 Å². The molecule has 2 rings (SSSR count). The fourth-order valence-electron chi connectivity index (χ4n) is 2.57. The number of alkyl halides is 3. The maximum Gasteiger partial charge on any atom is 0.417 e. The summed E-state index contributed by atoms with van der Waals surface area (Å²) in [5.74, 6) is -0.587. The zero-order valence-corrected chi connectivity index (χ0v) is 13.3. The van der Waals surface area contributed by atoms with E-state index in [1.54, 1.807) is 0 Å². The lowest BCUT2D eigenvalue weighted by Crippen LogP contribution is -2.46. The third-order valence-electron chi connectivity index (χ3n) is 3.79. The van der Waals surface area contributed by atoms with Crippen LogP contribution in [0, 0.1) is 0 Å². The molecule has 0 spiro atoms. The van der Waals surface area contributed by atoms with Crippen LogP contribution >= 0.6 is 0 Å². The third-order valence-corrected chi connectivity index (χ3v) is 3.79. The Balaban J connectivity index is 2.11. The molecule has 23 heavy (non-hydrogen) atoms. The summed E-state index contributed by atoms with van der Waals surface area (Å²) < 4.78 is 44.8. The SMILES string of the molecule is CN(C)CCC1CN(C(=O)c2ccccc2C(F)(F)F)CCO1. The van der Waals surface area contributed by atoms with Crippen LogP contribution in [0.3, 0.4) is 0 Å². The standard InChI is InChI=1S/C16H21F3N2O2/c1-20(2)8-7-12-11-21(9-10-23-12)15(22)13-5-3-4-6-14(13)16(17,18)19/h3-6,12H,7-11H2,1-2H3. The Kier molecular flexibility index (Phi) is 5.64. The van der Waals surface area contributed by atoms with Crippen molar-refractivity contribution in [1.82, 2.24) is 9.80 Å². The smallest absolute Gasteiger partial charge is 0.374 e. The molecule has 0 N–H and O–H groups in total. The van der Waals surface area contributed by atoms with Crippen LogP contribution in [-0.2, 0) is 10.9 Å². The van der Waals surface area contributed by atoms with E-state index in [0.717, 1.165) is 19.0 Å². The molecule has 4 nitrogen and oxygen atoms in total. The second kappa shape index (κ2) is 7.31. The van der Waals surface area contributed by atoms with Gasteiger partial charge in [-0.3, -0.25) is 4.79 Å². The third kappa shape index (κ3) is 4.68. The number of hydrogen-bond donors (Lipinski definition) is 0. The maximum atomic E-state index is 13.1. The highest BCUT2D eigenvalue weighted by Gasteiger charge is 2.36. The molecule has 1 atom stereocenters. The van der Waals surface area contributed by atoms with Crippen LogP contribution in [0.5, 0.6) is 0 Å². The number of amides is 1. The summed E-state index contributed by atoms with van der Waals surface area (Å²) in [4.78, 5) is 16.0. The summed E-state index contributed by atoms with van der Waals surface area (Å²) in [5, 5.41) is 0. The summed E-state index contributed by atoms with van der Waals surface area (Å²) in [6.07, 6.45) is -3.95. The van der Waals surface area contributed by atoms with Gasteiger partial charge in [0.2, 0.25) is 0 Å². The van der Waals surface area contributed by atoms with E-state index in [1.165, 1.54) is 23.1 Å². The summed E-state index contributed by atoms with van der Waals surface area (Å²) in [6, 6.07) is 4.91. The maximum absolute atomic E-state index is 13.1. The summed E-state index contributed by atoms with van der Waals surface area (Å²) >= 11 is 0. The predicted octanol–water partition coefficient (Wildman–Crippen LogP) is 2.50. The van der Waals surface area contributed by atoms with E-state index in [-0.39, 0.29) is 11.7 Å². The summed E-state index contributed by atoms with van der Waals surface area (Å²) in [6.45, 7) is 1.77. The molecule has 1 unspecified atom stereocenters. The number of carbonyl (C=O) groups is 1. The van der Waals surface area contributed by atoms with Gasteiger partial charge < -0.3 is 14.5 Å². The highest BCUT2D eigenvalue weighted by Crippen LogP contribution is 2.32. The molecular formula is C16H21F3N2O2. The summed E-state index contributed by atoms with van der Waals surface area (Å²) in [7, 11) is 3.87. The van der Waals surface area contributed by atoms with Crippen molar-refractivity contribution in [3.8, 4) is 0 Å². The quantitative estimate of drug-likeness (QED) is 0.850. The Morgan fingerprint density at radius 2 is 2.04 bits per heavy atom. The first-order valence-electron chi connectivity index (χ1n) is 7.51. The van der Waals surface area contributed by atoms with E-state index in [0.29, 0.717) is 19.7 Å². The van der Waals surface area contributed by atoms with Crippen LogP contribution in [0.2, 0.25) is 0 Å². The minimum Gasteiger partial charge on any atom is -0.374 e. The van der Waals surface area contributed by atoms with E-state index in [2.05, 4.69) is 0 Å². The van der Waals surface area contributed by atoms with Gasteiger partial charge in [0.15, 0.2) is 0 Å². The van der Waals surface area contributed by atoms with Gasteiger partial charge >= 0.3 is 6.18 Å². The number of halogens is 3. The van der Waals surface area contributed by atoms with Crippen molar-refractivity contribution < 1.29 is 22.7 Å². The Bertz CT molecular complexity index is 546. The lowest BCUT2D eigenvalue weighted by atomic mass is 10.0. The van der Waals surface area contributed by atoms with E-state index in [1.807, 2.05) is 19.0 Å². The first kappa shape index (κ1) is 17.7. The molecule has 1 aromatic carbocycles.